The Balaban J connectivity index is 1.61. The second-order valence-corrected chi connectivity index (χ2v) is 10.4. The fourth-order valence-electron chi connectivity index (χ4n) is 5.17. The van der Waals surface area contributed by atoms with Gasteiger partial charge in [0.05, 0.1) is 39.1 Å². The SMILES string of the molecule is CCOC(=O)/C=C/[C@@H](CC[C@H](COC(c1ccccc1)(c1ccccc1)c1ccccc1)NC(=O)OC)OCc1ccccc1. The number of rotatable bonds is 16. The number of methoxy groups -OCH3 is 1. The molecule has 0 spiro atoms. The van der Waals surface area contributed by atoms with Crippen LogP contribution in [0.15, 0.2) is 133 Å². The Bertz CT molecular complexity index is 1360. The van der Waals surface area contributed by atoms with E-state index in [9.17, 15) is 9.59 Å². The molecule has 0 aliphatic rings. The van der Waals surface area contributed by atoms with Gasteiger partial charge in [-0.05, 0) is 48.1 Å². The Morgan fingerprint density at radius 1 is 0.756 bits per heavy atom. The number of hydrogen-bond acceptors (Lipinski definition) is 6. The number of carbonyl (C=O) groups excluding carboxylic acids is 2. The van der Waals surface area contributed by atoms with E-state index in [2.05, 4.69) is 41.7 Å². The van der Waals surface area contributed by atoms with E-state index in [1.54, 1.807) is 13.0 Å². The van der Waals surface area contributed by atoms with Gasteiger partial charge >= 0.3 is 12.1 Å². The number of esters is 1. The lowest BCUT2D eigenvalue weighted by Gasteiger charge is -2.37. The van der Waals surface area contributed by atoms with Crippen molar-refractivity contribution in [2.24, 2.45) is 0 Å². The molecule has 0 fully saturated rings. The average Bonchev–Trinajstić information content (AvgIpc) is 3.10. The van der Waals surface area contributed by atoms with Gasteiger partial charge in [0.25, 0.3) is 0 Å². The molecule has 0 saturated heterocycles. The lowest BCUT2D eigenvalue weighted by atomic mass is 9.80. The van der Waals surface area contributed by atoms with Crippen molar-refractivity contribution in [1.82, 2.24) is 5.32 Å². The van der Waals surface area contributed by atoms with E-state index in [-0.39, 0.29) is 13.2 Å². The first-order valence-corrected chi connectivity index (χ1v) is 15.2. The molecule has 7 nitrogen and oxygen atoms in total. The van der Waals surface area contributed by atoms with E-state index < -0.39 is 29.8 Å². The Morgan fingerprint density at radius 2 is 1.27 bits per heavy atom. The predicted molar refractivity (Wildman–Crippen MR) is 175 cm³/mol. The Hall–Kier alpha value is -4.72. The van der Waals surface area contributed by atoms with Crippen LogP contribution in [-0.2, 0) is 35.9 Å². The quantitative estimate of drug-likeness (QED) is 0.0824. The smallest absolute Gasteiger partial charge is 0.407 e. The minimum atomic E-state index is -0.952. The monoisotopic (exact) mass is 607 g/mol. The minimum Gasteiger partial charge on any atom is -0.463 e. The third-order valence-electron chi connectivity index (χ3n) is 7.39. The van der Waals surface area contributed by atoms with Crippen molar-refractivity contribution >= 4 is 12.1 Å². The second kappa shape index (κ2) is 17.5. The summed E-state index contributed by atoms with van der Waals surface area (Å²) in [6.07, 6.45) is 3.10. The largest absolute Gasteiger partial charge is 0.463 e. The van der Waals surface area contributed by atoms with Crippen LogP contribution in [-0.4, -0.2) is 44.5 Å². The van der Waals surface area contributed by atoms with E-state index in [0.717, 1.165) is 22.3 Å². The summed E-state index contributed by atoms with van der Waals surface area (Å²) >= 11 is 0. The van der Waals surface area contributed by atoms with Crippen LogP contribution in [0.5, 0.6) is 0 Å². The van der Waals surface area contributed by atoms with Crippen LogP contribution in [0.1, 0.15) is 42.0 Å². The number of ether oxygens (including phenoxy) is 4. The van der Waals surface area contributed by atoms with Crippen molar-refractivity contribution < 1.29 is 28.5 Å². The Labute approximate surface area is 265 Å². The van der Waals surface area contributed by atoms with Crippen molar-refractivity contribution in [3.05, 3.63) is 156 Å². The first-order chi connectivity index (χ1) is 22.0. The van der Waals surface area contributed by atoms with Gasteiger partial charge in [-0.15, -0.1) is 0 Å². The first-order valence-electron chi connectivity index (χ1n) is 15.2. The lowest BCUT2D eigenvalue weighted by molar-refractivity contribution is -0.137. The summed E-state index contributed by atoms with van der Waals surface area (Å²) in [5.41, 5.74) is 2.94. The maximum Gasteiger partial charge on any atom is 0.407 e. The van der Waals surface area contributed by atoms with Crippen LogP contribution >= 0.6 is 0 Å². The van der Waals surface area contributed by atoms with Gasteiger partial charge in [-0.2, -0.15) is 0 Å². The van der Waals surface area contributed by atoms with Gasteiger partial charge in [0.1, 0.15) is 5.60 Å². The molecule has 234 valence electrons. The van der Waals surface area contributed by atoms with Gasteiger partial charge in [-0.25, -0.2) is 9.59 Å². The molecule has 1 amide bonds. The van der Waals surface area contributed by atoms with Crippen molar-refractivity contribution in [2.45, 2.75) is 44.1 Å². The van der Waals surface area contributed by atoms with Crippen molar-refractivity contribution in [2.75, 3.05) is 20.3 Å². The molecule has 0 unspecified atom stereocenters. The van der Waals surface area contributed by atoms with Gasteiger partial charge in [0.15, 0.2) is 0 Å². The number of carbonyl (C=O) groups is 2. The number of nitrogens with one attached hydrogen (secondary N) is 1. The fraction of sp³-hybridized carbons (Fsp3) is 0.263. The average molecular weight is 608 g/mol. The highest BCUT2D eigenvalue weighted by atomic mass is 16.5. The normalized spacial score (nSPS) is 12.8. The number of hydrogen-bond donors (Lipinski definition) is 1. The van der Waals surface area contributed by atoms with Gasteiger partial charge in [-0.1, -0.05) is 121 Å². The van der Waals surface area contributed by atoms with E-state index in [4.69, 9.17) is 18.9 Å². The lowest BCUT2D eigenvalue weighted by Crippen LogP contribution is -2.43. The van der Waals surface area contributed by atoms with Crippen molar-refractivity contribution in [3.63, 3.8) is 0 Å². The molecule has 1 N–H and O–H groups in total. The van der Waals surface area contributed by atoms with Crippen LogP contribution < -0.4 is 5.32 Å². The number of benzene rings is 4. The maximum atomic E-state index is 12.5. The molecule has 2 atom stereocenters. The van der Waals surface area contributed by atoms with E-state index in [1.807, 2.05) is 84.9 Å². The molecule has 0 aliphatic heterocycles. The number of alkyl carbamates (subject to hydrolysis) is 1. The Morgan fingerprint density at radius 3 is 1.76 bits per heavy atom. The topological polar surface area (TPSA) is 83.1 Å². The summed E-state index contributed by atoms with van der Waals surface area (Å²) in [6, 6.07) is 39.6. The molecule has 0 radical (unpaired) electrons. The van der Waals surface area contributed by atoms with Crippen molar-refractivity contribution in [1.29, 1.82) is 0 Å². The molecular formula is C38H41NO6. The second-order valence-electron chi connectivity index (χ2n) is 10.4. The van der Waals surface area contributed by atoms with Gasteiger partial charge in [-0.3, -0.25) is 0 Å². The molecule has 4 rings (SSSR count). The molecule has 7 heteroatoms. The van der Waals surface area contributed by atoms with Gasteiger partial charge in [0, 0.05) is 6.08 Å². The first kappa shape index (κ1) is 33.2. The van der Waals surface area contributed by atoms with E-state index in [0.29, 0.717) is 19.4 Å². The highest BCUT2D eigenvalue weighted by Gasteiger charge is 2.38. The summed E-state index contributed by atoms with van der Waals surface area (Å²) < 4.78 is 23.2. The molecule has 0 bridgehead atoms. The van der Waals surface area contributed by atoms with Gasteiger partial charge < -0.3 is 24.3 Å². The molecule has 0 aromatic heterocycles. The van der Waals surface area contributed by atoms with Crippen LogP contribution in [0.25, 0.3) is 0 Å². The van der Waals surface area contributed by atoms with Crippen LogP contribution in [0.3, 0.4) is 0 Å². The van der Waals surface area contributed by atoms with Crippen LogP contribution in [0.4, 0.5) is 4.79 Å². The zero-order valence-corrected chi connectivity index (χ0v) is 25.8. The maximum absolute atomic E-state index is 12.5. The molecule has 0 aliphatic carbocycles. The van der Waals surface area contributed by atoms with E-state index >= 15 is 0 Å². The molecule has 0 heterocycles. The van der Waals surface area contributed by atoms with Crippen LogP contribution in [0.2, 0.25) is 0 Å². The summed E-state index contributed by atoms with van der Waals surface area (Å²) in [7, 11) is 1.34. The molecule has 4 aromatic carbocycles. The minimum absolute atomic E-state index is 0.167. The molecule has 4 aromatic rings. The third kappa shape index (κ3) is 9.63. The fourth-order valence-corrected chi connectivity index (χ4v) is 5.17. The zero-order valence-electron chi connectivity index (χ0n) is 25.8. The molecule has 45 heavy (non-hydrogen) atoms. The van der Waals surface area contributed by atoms with Crippen molar-refractivity contribution in [3.8, 4) is 0 Å². The summed E-state index contributed by atoms with van der Waals surface area (Å²) in [6.45, 7) is 2.58. The Kier molecular flexibility index (Phi) is 12.9. The van der Waals surface area contributed by atoms with Gasteiger partial charge in [0.2, 0.25) is 0 Å². The summed E-state index contributed by atoms with van der Waals surface area (Å²) in [5.74, 6) is -0.434. The van der Waals surface area contributed by atoms with E-state index in [1.165, 1.54) is 13.2 Å². The summed E-state index contributed by atoms with van der Waals surface area (Å²) in [4.78, 5) is 24.6. The van der Waals surface area contributed by atoms with Crippen LogP contribution in [0, 0.1) is 0 Å². The third-order valence-corrected chi connectivity index (χ3v) is 7.39. The predicted octanol–water partition coefficient (Wildman–Crippen LogP) is 7.20. The zero-order chi connectivity index (χ0) is 31.7. The summed E-state index contributed by atoms with van der Waals surface area (Å²) in [5, 5.41) is 2.95. The number of amides is 1. The highest BCUT2D eigenvalue weighted by Crippen LogP contribution is 2.40. The molecule has 0 saturated carbocycles. The highest BCUT2D eigenvalue weighted by molar-refractivity contribution is 5.81. The standard InChI is InChI=1S/C38H41NO6/c1-3-43-36(40)27-26-35(44-28-30-16-8-4-9-17-30)25-24-34(39-37(41)42-2)29-45-38(31-18-10-5-11-19-31,32-20-12-6-13-21-32)33-22-14-7-15-23-33/h4-23,26-27,34-35H,3,24-25,28-29H2,1-2H3,(H,39,41)/b27-26+/t34-,35-/m1/s1. The molecular weight excluding hydrogens is 566 g/mol.